The zero-order valence-corrected chi connectivity index (χ0v) is 9.06. The summed E-state index contributed by atoms with van der Waals surface area (Å²) in [5.41, 5.74) is 0.351. The molecule has 5 heteroatoms. The van der Waals surface area contributed by atoms with E-state index in [-0.39, 0.29) is 5.97 Å². The molecule has 0 amide bonds. The molecule has 15 heavy (non-hydrogen) atoms. The lowest BCUT2D eigenvalue weighted by Crippen LogP contribution is -2.18. The van der Waals surface area contributed by atoms with E-state index < -0.39 is 11.7 Å². The minimum absolute atomic E-state index is 0.302. The van der Waals surface area contributed by atoms with E-state index in [1.807, 2.05) is 20.2 Å². The molecule has 0 spiro atoms. The molecule has 2 atom stereocenters. The average Bonchev–Trinajstić information content (AvgIpc) is 2.67. The summed E-state index contributed by atoms with van der Waals surface area (Å²) in [6, 6.07) is 0. The average molecular weight is 210 g/mol. The van der Waals surface area contributed by atoms with Gasteiger partial charge in [-0.15, -0.1) is 0 Å². The molecular weight excluding hydrogens is 196 g/mol. The lowest BCUT2D eigenvalue weighted by atomic mass is 10.0. The summed E-state index contributed by atoms with van der Waals surface area (Å²) in [6.07, 6.45) is 3.07. The first-order valence-electron chi connectivity index (χ1n) is 4.91. The number of aryl methyl sites for hydroxylation is 1. The van der Waals surface area contributed by atoms with Gasteiger partial charge in [-0.2, -0.15) is 5.10 Å². The number of ether oxygens (including phenoxy) is 2. The molecule has 1 aromatic heterocycles. The molecule has 5 nitrogen and oxygen atoms in total. The van der Waals surface area contributed by atoms with Crippen LogP contribution in [0.2, 0.25) is 0 Å². The summed E-state index contributed by atoms with van der Waals surface area (Å²) >= 11 is 0. The summed E-state index contributed by atoms with van der Waals surface area (Å²) in [5, 5.41) is 4.05. The topological polar surface area (TPSA) is 56.6 Å². The van der Waals surface area contributed by atoms with Gasteiger partial charge >= 0.3 is 5.97 Å². The molecule has 2 heterocycles. The molecule has 82 valence electrons. The van der Waals surface area contributed by atoms with Crippen LogP contribution in [0.1, 0.15) is 19.4 Å². The fourth-order valence-corrected chi connectivity index (χ4v) is 1.60. The van der Waals surface area contributed by atoms with Gasteiger partial charge in [-0.3, -0.25) is 4.68 Å². The summed E-state index contributed by atoms with van der Waals surface area (Å²) in [7, 11) is 1.83. The number of rotatable bonds is 3. The Kier molecular flexibility index (Phi) is 2.26. The molecule has 1 aliphatic rings. The minimum atomic E-state index is -0.555. The third kappa shape index (κ3) is 1.63. The molecule has 0 radical (unpaired) electrons. The Morgan fingerprint density at radius 2 is 2.53 bits per heavy atom. The van der Waals surface area contributed by atoms with E-state index in [1.165, 1.54) is 0 Å². The van der Waals surface area contributed by atoms with Crippen molar-refractivity contribution in [2.75, 3.05) is 6.61 Å². The monoisotopic (exact) mass is 210 g/mol. The number of hydrogen-bond acceptors (Lipinski definition) is 4. The highest BCUT2D eigenvalue weighted by atomic mass is 16.7. The lowest BCUT2D eigenvalue weighted by Gasteiger charge is -2.02. The fraction of sp³-hybridized carbons (Fsp3) is 0.600. The Morgan fingerprint density at radius 1 is 1.80 bits per heavy atom. The van der Waals surface area contributed by atoms with E-state index in [0.29, 0.717) is 6.61 Å². The lowest BCUT2D eigenvalue weighted by molar-refractivity contribution is -0.144. The Bertz CT molecular complexity index is 388. The first-order valence-corrected chi connectivity index (χ1v) is 4.91. The van der Waals surface area contributed by atoms with Crippen LogP contribution in [0.25, 0.3) is 0 Å². The van der Waals surface area contributed by atoms with Crippen LogP contribution in [0.5, 0.6) is 0 Å². The number of hydrogen-bond donors (Lipinski definition) is 0. The predicted octanol–water partition coefficient (Wildman–Crippen LogP) is 0.597. The molecule has 1 fully saturated rings. The van der Waals surface area contributed by atoms with Crippen molar-refractivity contribution in [2.45, 2.75) is 25.6 Å². The summed E-state index contributed by atoms with van der Waals surface area (Å²) in [5.74, 6) is -0.302. The number of esters is 1. The van der Waals surface area contributed by atoms with Crippen LogP contribution in [-0.2, 0) is 26.9 Å². The van der Waals surface area contributed by atoms with Gasteiger partial charge < -0.3 is 9.47 Å². The molecule has 1 aromatic rings. The molecule has 1 saturated heterocycles. The van der Waals surface area contributed by atoms with Crippen molar-refractivity contribution in [1.82, 2.24) is 9.78 Å². The third-order valence-corrected chi connectivity index (χ3v) is 2.58. The van der Waals surface area contributed by atoms with E-state index in [0.717, 1.165) is 5.56 Å². The number of carbonyl (C=O) groups excluding carboxylic acids is 1. The molecule has 0 aliphatic carbocycles. The second-order valence-electron chi connectivity index (χ2n) is 3.76. The van der Waals surface area contributed by atoms with Crippen LogP contribution in [0.3, 0.4) is 0 Å². The molecule has 0 aromatic carbocycles. The smallest absolute Gasteiger partial charge is 0.338 e. The normalized spacial score (nSPS) is 28.9. The Balaban J connectivity index is 2.09. The summed E-state index contributed by atoms with van der Waals surface area (Å²) in [6.45, 7) is 4.02. The Morgan fingerprint density at radius 3 is 3.07 bits per heavy atom. The van der Waals surface area contributed by atoms with Gasteiger partial charge in [0.2, 0.25) is 0 Å². The molecule has 0 saturated carbocycles. The van der Waals surface area contributed by atoms with Crippen molar-refractivity contribution in [1.29, 1.82) is 0 Å². The molecular formula is C10H14N2O3. The predicted molar refractivity (Wildman–Crippen MR) is 52.1 cm³/mol. The van der Waals surface area contributed by atoms with Crippen LogP contribution in [0.15, 0.2) is 12.4 Å². The fourth-order valence-electron chi connectivity index (χ4n) is 1.60. The highest BCUT2D eigenvalue weighted by Crippen LogP contribution is 2.46. The van der Waals surface area contributed by atoms with Gasteiger partial charge in [0.1, 0.15) is 5.60 Å². The van der Waals surface area contributed by atoms with E-state index in [2.05, 4.69) is 5.10 Å². The van der Waals surface area contributed by atoms with Gasteiger partial charge in [0.15, 0.2) is 6.10 Å². The van der Waals surface area contributed by atoms with Crippen LogP contribution >= 0.6 is 0 Å². The van der Waals surface area contributed by atoms with Gasteiger partial charge in [-0.25, -0.2) is 4.79 Å². The zero-order chi connectivity index (χ0) is 11.1. The van der Waals surface area contributed by atoms with Gasteiger partial charge in [0.05, 0.1) is 12.8 Å². The molecule has 1 aliphatic heterocycles. The largest absolute Gasteiger partial charge is 0.464 e. The SMILES string of the molecule is CCOC(=O)C1OC1(C)c1cnn(C)c1. The van der Waals surface area contributed by atoms with E-state index in [4.69, 9.17) is 9.47 Å². The Hall–Kier alpha value is -1.36. The van der Waals surface area contributed by atoms with E-state index >= 15 is 0 Å². The molecule has 0 bridgehead atoms. The van der Waals surface area contributed by atoms with Crippen molar-refractivity contribution in [2.24, 2.45) is 7.05 Å². The maximum absolute atomic E-state index is 11.4. The second kappa shape index (κ2) is 3.34. The van der Waals surface area contributed by atoms with Gasteiger partial charge in [0.25, 0.3) is 0 Å². The van der Waals surface area contributed by atoms with Gasteiger partial charge in [0, 0.05) is 18.8 Å². The number of aromatic nitrogens is 2. The standard InChI is InChI=1S/C10H14N2O3/c1-4-14-9(13)8-10(2,15-8)7-5-11-12(3)6-7/h5-6,8H,4H2,1-3H3. The Labute approximate surface area is 88.0 Å². The van der Waals surface area contributed by atoms with Crippen molar-refractivity contribution in [3.63, 3.8) is 0 Å². The molecule has 0 N–H and O–H groups in total. The van der Waals surface area contributed by atoms with Crippen molar-refractivity contribution < 1.29 is 14.3 Å². The van der Waals surface area contributed by atoms with E-state index in [9.17, 15) is 4.79 Å². The van der Waals surface area contributed by atoms with Crippen LogP contribution in [-0.4, -0.2) is 28.5 Å². The second-order valence-corrected chi connectivity index (χ2v) is 3.76. The highest BCUT2D eigenvalue weighted by molar-refractivity contribution is 5.79. The van der Waals surface area contributed by atoms with Crippen LogP contribution in [0, 0.1) is 0 Å². The maximum Gasteiger partial charge on any atom is 0.338 e. The molecule has 2 unspecified atom stereocenters. The number of carbonyl (C=O) groups is 1. The summed E-state index contributed by atoms with van der Waals surface area (Å²) in [4.78, 5) is 11.4. The van der Waals surface area contributed by atoms with E-state index in [1.54, 1.807) is 17.8 Å². The molecule has 2 rings (SSSR count). The first kappa shape index (κ1) is 10.2. The quantitative estimate of drug-likeness (QED) is 0.541. The van der Waals surface area contributed by atoms with Crippen molar-refractivity contribution in [3.8, 4) is 0 Å². The number of epoxide rings is 1. The van der Waals surface area contributed by atoms with Gasteiger partial charge in [-0.1, -0.05) is 0 Å². The van der Waals surface area contributed by atoms with Gasteiger partial charge in [-0.05, 0) is 13.8 Å². The van der Waals surface area contributed by atoms with Crippen LogP contribution < -0.4 is 0 Å². The first-order chi connectivity index (χ1) is 7.08. The van der Waals surface area contributed by atoms with Crippen molar-refractivity contribution >= 4 is 5.97 Å². The van der Waals surface area contributed by atoms with Crippen molar-refractivity contribution in [3.05, 3.63) is 18.0 Å². The number of nitrogens with zero attached hydrogens (tertiary/aromatic N) is 2. The van der Waals surface area contributed by atoms with Crippen LogP contribution in [0.4, 0.5) is 0 Å². The minimum Gasteiger partial charge on any atom is -0.464 e. The maximum atomic E-state index is 11.4. The highest BCUT2D eigenvalue weighted by Gasteiger charge is 2.59. The zero-order valence-electron chi connectivity index (χ0n) is 9.06. The summed E-state index contributed by atoms with van der Waals surface area (Å²) < 4.78 is 12.0. The third-order valence-electron chi connectivity index (χ3n) is 2.58.